The molecular weight excluding hydrogens is 316 g/mol. The van der Waals surface area contributed by atoms with Crippen molar-refractivity contribution in [3.63, 3.8) is 0 Å². The molecule has 0 atom stereocenters. The Hall–Kier alpha value is -1.40. The van der Waals surface area contributed by atoms with Crippen molar-refractivity contribution in [2.45, 2.75) is 6.42 Å². The summed E-state index contributed by atoms with van der Waals surface area (Å²) in [5.74, 6) is -0.934. The lowest BCUT2D eigenvalue weighted by molar-refractivity contribution is 0.0696. The Balaban J connectivity index is 1.94. The van der Waals surface area contributed by atoms with Gasteiger partial charge in [0.05, 0.1) is 10.6 Å². The predicted molar refractivity (Wildman–Crippen MR) is 75.4 cm³/mol. The van der Waals surface area contributed by atoms with Crippen molar-refractivity contribution in [3.05, 3.63) is 44.8 Å². The fraction of sp³-hybridized carbons (Fsp3) is 0.167. The van der Waals surface area contributed by atoms with Gasteiger partial charge in [-0.05, 0) is 34.1 Å². The fourth-order valence-corrected chi connectivity index (χ4v) is 2.66. The second-order valence-electron chi connectivity index (χ2n) is 3.60. The molecule has 0 radical (unpaired) electrons. The van der Waals surface area contributed by atoms with E-state index in [9.17, 15) is 4.79 Å². The summed E-state index contributed by atoms with van der Waals surface area (Å²) in [6.07, 6.45) is 2.65. The van der Waals surface area contributed by atoms with Crippen LogP contribution in [0.5, 0.6) is 0 Å². The van der Waals surface area contributed by atoms with Crippen molar-refractivity contribution in [2.75, 3.05) is 11.9 Å². The maximum absolute atomic E-state index is 10.8. The highest BCUT2D eigenvalue weighted by Crippen LogP contribution is 2.21. The Kier molecular flexibility index (Phi) is 4.33. The number of nitrogens with zero attached hydrogens (tertiary/aromatic N) is 1. The SMILES string of the molecule is O=C(O)c1ccc(NCCc2nccs2)cc1Br. The van der Waals surface area contributed by atoms with E-state index in [4.69, 9.17) is 5.11 Å². The maximum Gasteiger partial charge on any atom is 0.336 e. The molecule has 2 N–H and O–H groups in total. The lowest BCUT2D eigenvalue weighted by atomic mass is 10.2. The van der Waals surface area contributed by atoms with Crippen molar-refractivity contribution < 1.29 is 9.90 Å². The minimum atomic E-state index is -0.934. The average molecular weight is 327 g/mol. The first-order valence-corrected chi connectivity index (χ1v) is 6.99. The molecule has 94 valence electrons. The largest absolute Gasteiger partial charge is 0.478 e. The molecule has 0 aliphatic heterocycles. The van der Waals surface area contributed by atoms with E-state index < -0.39 is 5.97 Å². The Bertz CT molecular complexity index is 543. The first-order chi connectivity index (χ1) is 8.66. The van der Waals surface area contributed by atoms with Gasteiger partial charge >= 0.3 is 5.97 Å². The average Bonchev–Trinajstić information content (AvgIpc) is 2.81. The van der Waals surface area contributed by atoms with Gasteiger partial charge in [0.1, 0.15) is 0 Å². The molecule has 1 aromatic carbocycles. The van der Waals surface area contributed by atoms with Crippen LogP contribution in [0.4, 0.5) is 5.69 Å². The summed E-state index contributed by atoms with van der Waals surface area (Å²) in [7, 11) is 0. The molecule has 0 fully saturated rings. The summed E-state index contributed by atoms with van der Waals surface area (Å²) in [6, 6.07) is 5.11. The quantitative estimate of drug-likeness (QED) is 0.885. The highest BCUT2D eigenvalue weighted by molar-refractivity contribution is 9.10. The zero-order valence-corrected chi connectivity index (χ0v) is 11.8. The second kappa shape index (κ2) is 5.97. The minimum absolute atomic E-state index is 0.264. The summed E-state index contributed by atoms with van der Waals surface area (Å²) in [5, 5.41) is 15.2. The summed E-state index contributed by atoms with van der Waals surface area (Å²) < 4.78 is 0.578. The number of rotatable bonds is 5. The van der Waals surface area contributed by atoms with Gasteiger partial charge in [-0.25, -0.2) is 9.78 Å². The molecule has 0 aliphatic carbocycles. The van der Waals surface area contributed by atoms with E-state index in [1.807, 2.05) is 5.38 Å². The van der Waals surface area contributed by atoms with Crippen LogP contribution in [0.2, 0.25) is 0 Å². The number of aromatic carboxylic acids is 1. The first-order valence-electron chi connectivity index (χ1n) is 5.32. The van der Waals surface area contributed by atoms with E-state index in [0.29, 0.717) is 4.47 Å². The number of hydrogen-bond donors (Lipinski definition) is 2. The van der Waals surface area contributed by atoms with Gasteiger partial charge in [-0.3, -0.25) is 0 Å². The van der Waals surface area contributed by atoms with E-state index in [1.165, 1.54) is 0 Å². The Morgan fingerprint density at radius 2 is 2.33 bits per heavy atom. The van der Waals surface area contributed by atoms with E-state index in [0.717, 1.165) is 23.7 Å². The summed E-state index contributed by atoms with van der Waals surface area (Å²) >= 11 is 4.88. The number of anilines is 1. The van der Waals surface area contributed by atoms with E-state index in [-0.39, 0.29) is 5.56 Å². The van der Waals surface area contributed by atoms with Gasteiger partial charge < -0.3 is 10.4 Å². The third kappa shape index (κ3) is 3.30. The third-order valence-corrected chi connectivity index (χ3v) is 3.85. The molecule has 1 heterocycles. The number of aromatic nitrogens is 1. The van der Waals surface area contributed by atoms with Crippen molar-refractivity contribution in [1.29, 1.82) is 0 Å². The van der Waals surface area contributed by atoms with Crippen LogP contribution in [0, 0.1) is 0 Å². The maximum atomic E-state index is 10.8. The number of carbonyl (C=O) groups is 1. The summed E-state index contributed by atoms with van der Waals surface area (Å²) in [6.45, 7) is 0.770. The molecule has 0 aliphatic rings. The van der Waals surface area contributed by atoms with Crippen molar-refractivity contribution in [1.82, 2.24) is 4.98 Å². The van der Waals surface area contributed by atoms with E-state index >= 15 is 0 Å². The monoisotopic (exact) mass is 326 g/mol. The number of carboxylic acids is 1. The minimum Gasteiger partial charge on any atom is -0.478 e. The Morgan fingerprint density at radius 1 is 1.50 bits per heavy atom. The highest BCUT2D eigenvalue weighted by atomic mass is 79.9. The molecule has 0 amide bonds. The molecule has 4 nitrogen and oxygen atoms in total. The standard InChI is InChI=1S/C12H11BrN2O2S/c13-10-7-8(1-2-9(10)12(16)17)14-4-3-11-15-5-6-18-11/h1-2,5-7,14H,3-4H2,(H,16,17). The molecule has 0 saturated carbocycles. The van der Waals surface area contributed by atoms with E-state index in [1.54, 1.807) is 35.7 Å². The summed E-state index contributed by atoms with van der Waals surface area (Å²) in [4.78, 5) is 15.0. The van der Waals surface area contributed by atoms with Crippen LogP contribution in [-0.4, -0.2) is 22.6 Å². The van der Waals surface area contributed by atoms with Crippen LogP contribution in [0.3, 0.4) is 0 Å². The lowest BCUT2D eigenvalue weighted by Gasteiger charge is -2.07. The highest BCUT2D eigenvalue weighted by Gasteiger charge is 2.08. The topological polar surface area (TPSA) is 62.2 Å². The third-order valence-electron chi connectivity index (χ3n) is 2.35. The molecule has 0 spiro atoms. The Morgan fingerprint density at radius 3 is 2.94 bits per heavy atom. The molecular formula is C12H11BrN2O2S. The first kappa shape index (κ1) is 13.0. The second-order valence-corrected chi connectivity index (χ2v) is 5.44. The molecule has 1 aromatic heterocycles. The van der Waals surface area contributed by atoms with Crippen molar-refractivity contribution in [3.8, 4) is 0 Å². The lowest BCUT2D eigenvalue weighted by Crippen LogP contribution is -2.05. The van der Waals surface area contributed by atoms with Crippen LogP contribution in [0.15, 0.2) is 34.2 Å². The number of nitrogens with one attached hydrogen (secondary N) is 1. The molecule has 2 rings (SSSR count). The molecule has 2 aromatic rings. The number of hydrogen-bond acceptors (Lipinski definition) is 4. The number of carboxylic acid groups (broad SMARTS) is 1. The zero-order chi connectivity index (χ0) is 13.0. The van der Waals surface area contributed by atoms with Gasteiger partial charge in [0.25, 0.3) is 0 Å². The molecule has 0 unspecified atom stereocenters. The number of thiazole rings is 1. The van der Waals surface area contributed by atoms with Crippen molar-refractivity contribution in [2.24, 2.45) is 0 Å². The normalized spacial score (nSPS) is 10.3. The van der Waals surface area contributed by atoms with E-state index in [2.05, 4.69) is 26.2 Å². The van der Waals surface area contributed by atoms with Crippen LogP contribution >= 0.6 is 27.3 Å². The van der Waals surface area contributed by atoms with Crippen LogP contribution in [0.1, 0.15) is 15.4 Å². The van der Waals surface area contributed by atoms with Crippen LogP contribution < -0.4 is 5.32 Å². The van der Waals surface area contributed by atoms with Crippen LogP contribution in [-0.2, 0) is 6.42 Å². The summed E-state index contributed by atoms with van der Waals surface area (Å²) in [5.41, 5.74) is 1.16. The van der Waals surface area contributed by atoms with Crippen molar-refractivity contribution >= 4 is 38.9 Å². The molecule has 0 bridgehead atoms. The number of halogens is 1. The fourth-order valence-electron chi connectivity index (χ4n) is 1.49. The predicted octanol–water partition coefficient (Wildman–Crippen LogP) is 3.26. The van der Waals surface area contributed by atoms with Gasteiger partial charge in [-0.15, -0.1) is 11.3 Å². The zero-order valence-electron chi connectivity index (χ0n) is 9.39. The van der Waals surface area contributed by atoms with Gasteiger partial charge in [0.15, 0.2) is 0 Å². The molecule has 0 saturated heterocycles. The van der Waals surface area contributed by atoms with Gasteiger partial charge in [-0.2, -0.15) is 0 Å². The van der Waals surface area contributed by atoms with Gasteiger partial charge in [0.2, 0.25) is 0 Å². The number of benzene rings is 1. The Labute approximate surface area is 117 Å². The van der Waals surface area contributed by atoms with Crippen LogP contribution in [0.25, 0.3) is 0 Å². The molecule has 18 heavy (non-hydrogen) atoms. The van der Waals surface area contributed by atoms with Gasteiger partial charge in [0, 0.05) is 34.7 Å². The smallest absolute Gasteiger partial charge is 0.336 e. The van der Waals surface area contributed by atoms with Gasteiger partial charge in [-0.1, -0.05) is 0 Å². The molecule has 6 heteroatoms.